The van der Waals surface area contributed by atoms with Crippen molar-refractivity contribution in [3.05, 3.63) is 59.0 Å². The van der Waals surface area contributed by atoms with Gasteiger partial charge in [0, 0.05) is 18.3 Å². The summed E-state index contributed by atoms with van der Waals surface area (Å²) in [7, 11) is 0. The average molecular weight is 309 g/mol. The van der Waals surface area contributed by atoms with Crippen LogP contribution in [-0.2, 0) is 6.54 Å². The number of halogens is 1. The Morgan fingerprint density at radius 3 is 2.70 bits per heavy atom. The molecule has 0 unspecified atom stereocenters. The first kappa shape index (κ1) is 13.6. The molecular weight excluding hydrogens is 297 g/mol. The van der Waals surface area contributed by atoms with Gasteiger partial charge < -0.3 is 4.57 Å². The number of benzene rings is 1. The van der Waals surface area contributed by atoms with Crippen LogP contribution in [0.3, 0.4) is 0 Å². The second-order valence-electron chi connectivity index (χ2n) is 5.11. The largest absolute Gasteiger partial charge is 0.315 e. The Balaban J connectivity index is 2.22. The van der Waals surface area contributed by atoms with E-state index in [2.05, 4.69) is 15.1 Å². The first-order valence-electron chi connectivity index (χ1n) is 7.18. The maximum absolute atomic E-state index is 13.3. The number of hydrogen-bond donors (Lipinski definition) is 0. The molecule has 4 rings (SSSR count). The van der Waals surface area contributed by atoms with Gasteiger partial charge in [-0.05, 0) is 37.3 Å². The van der Waals surface area contributed by atoms with Crippen LogP contribution in [0, 0.1) is 5.82 Å². The number of fused-ring (bicyclic) bond motifs is 2. The van der Waals surface area contributed by atoms with E-state index in [0.29, 0.717) is 34.5 Å². The second-order valence-corrected chi connectivity index (χ2v) is 5.11. The van der Waals surface area contributed by atoms with E-state index in [9.17, 15) is 9.18 Å². The SMILES string of the molecule is CCn1ccc2nc3ncnn3c(-c3ccc(F)cc3)c2c1=O. The third kappa shape index (κ3) is 2.01. The lowest BCUT2D eigenvalue weighted by Gasteiger charge is -2.10. The van der Waals surface area contributed by atoms with Crippen molar-refractivity contribution in [1.29, 1.82) is 0 Å². The molecule has 114 valence electrons. The van der Waals surface area contributed by atoms with Gasteiger partial charge >= 0.3 is 0 Å². The molecular formula is C16H12FN5O. The Morgan fingerprint density at radius 1 is 1.17 bits per heavy atom. The van der Waals surface area contributed by atoms with Crippen molar-refractivity contribution >= 4 is 16.7 Å². The van der Waals surface area contributed by atoms with Gasteiger partial charge in [-0.25, -0.2) is 9.37 Å². The third-order valence-electron chi connectivity index (χ3n) is 3.80. The van der Waals surface area contributed by atoms with E-state index in [1.54, 1.807) is 29.0 Å². The molecule has 0 N–H and O–H groups in total. The van der Waals surface area contributed by atoms with Crippen LogP contribution < -0.4 is 5.56 Å². The molecule has 0 amide bonds. The van der Waals surface area contributed by atoms with Crippen molar-refractivity contribution in [2.75, 3.05) is 0 Å². The number of hydrogen-bond acceptors (Lipinski definition) is 4. The summed E-state index contributed by atoms with van der Waals surface area (Å²) in [6.07, 6.45) is 3.09. The van der Waals surface area contributed by atoms with Gasteiger partial charge in [-0.1, -0.05) is 0 Å². The van der Waals surface area contributed by atoms with E-state index in [-0.39, 0.29) is 11.4 Å². The highest BCUT2D eigenvalue weighted by Gasteiger charge is 2.16. The fourth-order valence-corrected chi connectivity index (χ4v) is 2.69. The van der Waals surface area contributed by atoms with E-state index in [0.717, 1.165) is 0 Å². The molecule has 7 heteroatoms. The predicted molar refractivity (Wildman–Crippen MR) is 83.6 cm³/mol. The molecule has 0 bridgehead atoms. The molecule has 0 aliphatic rings. The molecule has 23 heavy (non-hydrogen) atoms. The number of pyridine rings is 1. The second kappa shape index (κ2) is 4.98. The van der Waals surface area contributed by atoms with Gasteiger partial charge in [-0.2, -0.15) is 14.6 Å². The lowest BCUT2D eigenvalue weighted by Crippen LogP contribution is -2.20. The normalized spacial score (nSPS) is 11.4. The molecule has 0 atom stereocenters. The van der Waals surface area contributed by atoms with Crippen LogP contribution in [-0.4, -0.2) is 24.1 Å². The van der Waals surface area contributed by atoms with E-state index in [1.807, 2.05) is 6.92 Å². The fraction of sp³-hybridized carbons (Fsp3) is 0.125. The highest BCUT2D eigenvalue weighted by molar-refractivity contribution is 5.93. The van der Waals surface area contributed by atoms with E-state index in [4.69, 9.17) is 0 Å². The van der Waals surface area contributed by atoms with Crippen LogP contribution in [0.15, 0.2) is 47.7 Å². The van der Waals surface area contributed by atoms with E-state index < -0.39 is 0 Å². The van der Waals surface area contributed by atoms with Crippen LogP contribution in [0.5, 0.6) is 0 Å². The average Bonchev–Trinajstić information content (AvgIpc) is 3.02. The summed E-state index contributed by atoms with van der Waals surface area (Å²) >= 11 is 0. The highest BCUT2D eigenvalue weighted by Crippen LogP contribution is 2.25. The molecule has 0 saturated heterocycles. The summed E-state index contributed by atoms with van der Waals surface area (Å²) in [4.78, 5) is 21.3. The minimum absolute atomic E-state index is 0.158. The van der Waals surface area contributed by atoms with Gasteiger partial charge in [0.1, 0.15) is 12.1 Å². The number of rotatable bonds is 2. The molecule has 3 aromatic heterocycles. The van der Waals surface area contributed by atoms with Crippen molar-refractivity contribution in [1.82, 2.24) is 24.1 Å². The van der Waals surface area contributed by atoms with Gasteiger partial charge in [0.25, 0.3) is 11.3 Å². The number of aryl methyl sites for hydroxylation is 1. The molecule has 6 nitrogen and oxygen atoms in total. The Labute approximate surface area is 129 Å². The molecule has 0 fully saturated rings. The van der Waals surface area contributed by atoms with Gasteiger partial charge in [0.05, 0.1) is 16.6 Å². The Hall–Kier alpha value is -3.09. The molecule has 0 radical (unpaired) electrons. The Bertz CT molecular complexity index is 1080. The van der Waals surface area contributed by atoms with Crippen LogP contribution in [0.1, 0.15) is 6.92 Å². The van der Waals surface area contributed by atoms with E-state index in [1.165, 1.54) is 23.0 Å². The minimum atomic E-state index is -0.340. The smallest absolute Gasteiger partial charge is 0.262 e. The van der Waals surface area contributed by atoms with Gasteiger partial charge in [-0.15, -0.1) is 0 Å². The Kier molecular flexibility index (Phi) is 2.94. The minimum Gasteiger partial charge on any atom is -0.315 e. The Morgan fingerprint density at radius 2 is 1.96 bits per heavy atom. The third-order valence-corrected chi connectivity index (χ3v) is 3.80. The predicted octanol–water partition coefficient (Wildman–Crippen LogP) is 2.27. The van der Waals surface area contributed by atoms with Crippen molar-refractivity contribution < 1.29 is 4.39 Å². The molecule has 0 aliphatic carbocycles. The van der Waals surface area contributed by atoms with Gasteiger partial charge in [-0.3, -0.25) is 4.79 Å². The lowest BCUT2D eigenvalue weighted by atomic mass is 10.1. The van der Waals surface area contributed by atoms with Crippen LogP contribution in [0.2, 0.25) is 0 Å². The topological polar surface area (TPSA) is 65.1 Å². The molecule has 0 spiro atoms. The number of nitrogens with zero attached hydrogens (tertiary/aromatic N) is 5. The zero-order chi connectivity index (χ0) is 16.0. The summed E-state index contributed by atoms with van der Waals surface area (Å²) in [5, 5.41) is 4.61. The first-order valence-corrected chi connectivity index (χ1v) is 7.18. The highest BCUT2D eigenvalue weighted by atomic mass is 19.1. The summed E-state index contributed by atoms with van der Waals surface area (Å²) in [6, 6.07) is 7.72. The van der Waals surface area contributed by atoms with Crippen molar-refractivity contribution in [3.63, 3.8) is 0 Å². The quantitative estimate of drug-likeness (QED) is 0.570. The van der Waals surface area contributed by atoms with Gasteiger partial charge in [0.15, 0.2) is 0 Å². The number of aromatic nitrogens is 5. The van der Waals surface area contributed by atoms with Crippen LogP contribution in [0.4, 0.5) is 4.39 Å². The summed E-state index contributed by atoms with van der Waals surface area (Å²) in [5.41, 5.74) is 1.63. The standard InChI is InChI=1S/C16H12FN5O/c1-2-21-8-7-12-13(15(21)23)14(10-3-5-11(17)6-4-10)22-16(20-12)18-9-19-22/h3-9H,2H2,1H3. The van der Waals surface area contributed by atoms with Crippen molar-refractivity contribution in [3.8, 4) is 11.3 Å². The zero-order valence-corrected chi connectivity index (χ0v) is 12.3. The molecule has 3 heterocycles. The molecule has 0 saturated carbocycles. The fourth-order valence-electron chi connectivity index (χ4n) is 2.69. The molecule has 0 aliphatic heterocycles. The summed E-state index contributed by atoms with van der Waals surface area (Å²) < 4.78 is 16.4. The summed E-state index contributed by atoms with van der Waals surface area (Å²) in [6.45, 7) is 2.44. The van der Waals surface area contributed by atoms with Crippen LogP contribution in [0.25, 0.3) is 27.9 Å². The maximum Gasteiger partial charge on any atom is 0.262 e. The molecule has 4 aromatic rings. The van der Waals surface area contributed by atoms with E-state index >= 15 is 0 Å². The van der Waals surface area contributed by atoms with Crippen LogP contribution >= 0.6 is 0 Å². The first-order chi connectivity index (χ1) is 11.2. The lowest BCUT2D eigenvalue weighted by molar-refractivity contribution is 0.628. The zero-order valence-electron chi connectivity index (χ0n) is 12.3. The molecule has 1 aromatic carbocycles. The maximum atomic E-state index is 13.3. The monoisotopic (exact) mass is 309 g/mol. The van der Waals surface area contributed by atoms with Gasteiger partial charge in [0.2, 0.25) is 0 Å². The van der Waals surface area contributed by atoms with Crippen molar-refractivity contribution in [2.24, 2.45) is 0 Å². The summed E-state index contributed by atoms with van der Waals surface area (Å²) in [5.74, 6) is 0.0541. The van der Waals surface area contributed by atoms with Crippen molar-refractivity contribution in [2.45, 2.75) is 13.5 Å².